The molecule has 0 bridgehead atoms. The van der Waals surface area contributed by atoms with Gasteiger partial charge in [0.25, 0.3) is 11.5 Å². The van der Waals surface area contributed by atoms with Crippen molar-refractivity contribution < 1.29 is 4.79 Å². The molecule has 0 saturated heterocycles. The van der Waals surface area contributed by atoms with Gasteiger partial charge in [-0.3, -0.25) is 9.59 Å². The van der Waals surface area contributed by atoms with Gasteiger partial charge in [-0.1, -0.05) is 18.2 Å². The molecule has 6 nitrogen and oxygen atoms in total. The van der Waals surface area contributed by atoms with Gasteiger partial charge < -0.3 is 0 Å². The zero-order valence-corrected chi connectivity index (χ0v) is 15.3. The third-order valence-corrected chi connectivity index (χ3v) is 5.31. The van der Waals surface area contributed by atoms with Gasteiger partial charge in [-0.15, -0.1) is 0 Å². The van der Waals surface area contributed by atoms with Crippen LogP contribution in [0.3, 0.4) is 0 Å². The van der Waals surface area contributed by atoms with Crippen LogP contribution in [-0.2, 0) is 12.8 Å². The van der Waals surface area contributed by atoms with Crippen LogP contribution in [0.2, 0.25) is 0 Å². The van der Waals surface area contributed by atoms with Gasteiger partial charge in [-0.2, -0.15) is 9.78 Å². The molecule has 1 aliphatic rings. The molecule has 0 radical (unpaired) electrons. The Morgan fingerprint density at radius 3 is 2.70 bits per heavy atom. The second-order valence-corrected chi connectivity index (χ2v) is 6.93. The Morgan fingerprint density at radius 1 is 1.19 bits per heavy atom. The molecule has 2 heterocycles. The fourth-order valence-corrected chi connectivity index (χ4v) is 3.94. The summed E-state index contributed by atoms with van der Waals surface area (Å²) >= 11 is 0. The molecule has 2 aromatic heterocycles. The van der Waals surface area contributed by atoms with Crippen molar-refractivity contribution in [3.63, 3.8) is 0 Å². The van der Waals surface area contributed by atoms with Crippen molar-refractivity contribution in [2.75, 3.05) is 0 Å². The molecule has 136 valence electrons. The molecule has 0 amide bonds. The summed E-state index contributed by atoms with van der Waals surface area (Å²) in [6.45, 7) is 3.60. The number of nitrogens with zero attached hydrogens (tertiary/aromatic N) is 4. The molecule has 1 atom stereocenters. The van der Waals surface area contributed by atoms with Crippen molar-refractivity contribution in [3.05, 3.63) is 81.0 Å². The summed E-state index contributed by atoms with van der Waals surface area (Å²) in [6, 6.07) is 7.61. The molecular formula is C21H20N4O2. The van der Waals surface area contributed by atoms with Crippen LogP contribution in [-0.4, -0.2) is 25.5 Å². The van der Waals surface area contributed by atoms with Gasteiger partial charge in [0, 0.05) is 23.5 Å². The van der Waals surface area contributed by atoms with Crippen LogP contribution >= 0.6 is 0 Å². The number of rotatable bonds is 3. The Kier molecular flexibility index (Phi) is 4.39. The second-order valence-electron chi connectivity index (χ2n) is 6.93. The van der Waals surface area contributed by atoms with E-state index in [0.29, 0.717) is 6.42 Å². The lowest BCUT2D eigenvalue weighted by molar-refractivity contribution is 0.101. The van der Waals surface area contributed by atoms with Gasteiger partial charge in [0.15, 0.2) is 5.78 Å². The second kappa shape index (κ2) is 6.87. The van der Waals surface area contributed by atoms with Gasteiger partial charge >= 0.3 is 0 Å². The van der Waals surface area contributed by atoms with Gasteiger partial charge in [0.1, 0.15) is 0 Å². The Bertz CT molecular complexity index is 1070. The van der Waals surface area contributed by atoms with Crippen LogP contribution < -0.4 is 5.56 Å². The maximum Gasteiger partial charge on any atom is 0.277 e. The predicted octanol–water partition coefficient (Wildman–Crippen LogP) is 2.81. The number of Topliss-reactive ketones (excluding diaryl/α,β-unsaturated/α-hetero) is 1. The molecule has 1 aromatic carbocycles. The van der Waals surface area contributed by atoms with E-state index in [9.17, 15) is 9.59 Å². The highest BCUT2D eigenvalue weighted by Crippen LogP contribution is 2.33. The predicted molar refractivity (Wildman–Crippen MR) is 101 cm³/mol. The normalized spacial score (nSPS) is 16.0. The number of hydrogen-bond acceptors (Lipinski definition) is 5. The minimum Gasteiger partial charge on any atom is -0.295 e. The molecular weight excluding hydrogens is 340 g/mol. The molecule has 0 spiro atoms. The van der Waals surface area contributed by atoms with E-state index in [0.717, 1.165) is 35.1 Å². The summed E-state index contributed by atoms with van der Waals surface area (Å²) in [7, 11) is 0. The Balaban J connectivity index is 1.69. The van der Waals surface area contributed by atoms with Crippen LogP contribution in [0.15, 0.2) is 47.7 Å². The van der Waals surface area contributed by atoms with Gasteiger partial charge in [0.2, 0.25) is 0 Å². The number of aromatic nitrogens is 4. The monoisotopic (exact) mass is 360 g/mol. The van der Waals surface area contributed by atoms with Gasteiger partial charge in [-0.25, -0.2) is 9.97 Å². The molecule has 6 heteroatoms. The van der Waals surface area contributed by atoms with E-state index in [1.54, 1.807) is 31.6 Å². The zero-order valence-electron chi connectivity index (χ0n) is 15.3. The maximum absolute atomic E-state index is 12.8. The summed E-state index contributed by atoms with van der Waals surface area (Å²) in [5.74, 6) is 0.650. The largest absolute Gasteiger partial charge is 0.295 e. The van der Waals surface area contributed by atoms with E-state index < -0.39 is 0 Å². The molecule has 0 saturated carbocycles. The lowest BCUT2D eigenvalue weighted by Crippen LogP contribution is -2.30. The highest BCUT2D eigenvalue weighted by atomic mass is 16.1. The standard InChI is InChI=1S/C21H20N4O2/c1-13-17(14(2)26)5-3-6-18(13)15-7-8-19-16(11-15)12-24-25(20(19)27)21-22-9-4-10-23-21/h3-6,9-10,12,15H,7-8,11H2,1-2H3. The van der Waals surface area contributed by atoms with Crippen LogP contribution in [0.4, 0.5) is 0 Å². The minimum absolute atomic E-state index is 0.0815. The summed E-state index contributed by atoms with van der Waals surface area (Å²) in [5.41, 5.74) is 4.60. The van der Waals surface area contributed by atoms with Crippen LogP contribution in [0.25, 0.3) is 5.95 Å². The summed E-state index contributed by atoms with van der Waals surface area (Å²) in [6.07, 6.45) is 7.23. The Morgan fingerprint density at radius 2 is 1.96 bits per heavy atom. The van der Waals surface area contributed by atoms with Gasteiger partial charge in [-0.05, 0) is 61.8 Å². The van der Waals surface area contributed by atoms with Crippen molar-refractivity contribution in [3.8, 4) is 5.95 Å². The van der Waals surface area contributed by atoms with Crippen molar-refractivity contribution in [1.29, 1.82) is 0 Å². The van der Waals surface area contributed by atoms with E-state index in [1.807, 2.05) is 19.1 Å². The summed E-state index contributed by atoms with van der Waals surface area (Å²) < 4.78 is 1.26. The lowest BCUT2D eigenvalue weighted by Gasteiger charge is -2.26. The number of carbonyl (C=O) groups excluding carboxylic acids is 1. The zero-order chi connectivity index (χ0) is 19.0. The van der Waals surface area contributed by atoms with Crippen molar-refractivity contribution in [1.82, 2.24) is 19.7 Å². The maximum atomic E-state index is 12.8. The van der Waals surface area contributed by atoms with Crippen LogP contribution in [0, 0.1) is 6.92 Å². The molecule has 4 rings (SSSR count). The average Bonchev–Trinajstić information content (AvgIpc) is 2.68. The fraction of sp³-hybridized carbons (Fsp3) is 0.286. The van der Waals surface area contributed by atoms with Crippen LogP contribution in [0.1, 0.15) is 51.9 Å². The lowest BCUT2D eigenvalue weighted by atomic mass is 9.79. The first-order valence-electron chi connectivity index (χ1n) is 9.04. The molecule has 1 aliphatic carbocycles. The number of fused-ring (bicyclic) bond motifs is 1. The van der Waals surface area contributed by atoms with E-state index in [1.165, 1.54) is 10.2 Å². The van der Waals surface area contributed by atoms with Crippen LogP contribution in [0.5, 0.6) is 0 Å². The summed E-state index contributed by atoms with van der Waals surface area (Å²) in [4.78, 5) is 32.9. The summed E-state index contributed by atoms with van der Waals surface area (Å²) in [5, 5.41) is 4.28. The van der Waals surface area contributed by atoms with Gasteiger partial charge in [0.05, 0.1) is 6.20 Å². The first-order chi connectivity index (χ1) is 13.1. The topological polar surface area (TPSA) is 77.7 Å². The van der Waals surface area contributed by atoms with Crippen molar-refractivity contribution >= 4 is 5.78 Å². The number of ketones is 1. The highest BCUT2D eigenvalue weighted by Gasteiger charge is 2.25. The highest BCUT2D eigenvalue weighted by molar-refractivity contribution is 5.95. The molecule has 1 unspecified atom stereocenters. The Labute approximate surface area is 156 Å². The van der Waals surface area contributed by atoms with E-state index >= 15 is 0 Å². The third kappa shape index (κ3) is 3.07. The van der Waals surface area contributed by atoms with E-state index in [4.69, 9.17) is 0 Å². The first-order valence-corrected chi connectivity index (χ1v) is 9.04. The quantitative estimate of drug-likeness (QED) is 0.671. The molecule has 0 fully saturated rings. The molecule has 0 N–H and O–H groups in total. The van der Waals surface area contributed by atoms with E-state index in [-0.39, 0.29) is 23.2 Å². The third-order valence-electron chi connectivity index (χ3n) is 5.31. The van der Waals surface area contributed by atoms with Crippen molar-refractivity contribution in [2.24, 2.45) is 0 Å². The first kappa shape index (κ1) is 17.3. The van der Waals surface area contributed by atoms with Crippen molar-refractivity contribution in [2.45, 2.75) is 39.0 Å². The number of benzene rings is 1. The molecule has 27 heavy (non-hydrogen) atoms. The fourth-order valence-electron chi connectivity index (χ4n) is 3.94. The average molecular weight is 360 g/mol. The van der Waals surface area contributed by atoms with E-state index in [2.05, 4.69) is 21.1 Å². The molecule has 0 aliphatic heterocycles. The Hall–Kier alpha value is -3.15. The minimum atomic E-state index is -0.147. The smallest absolute Gasteiger partial charge is 0.277 e. The number of hydrogen-bond donors (Lipinski definition) is 0. The number of carbonyl (C=O) groups is 1. The molecule has 3 aromatic rings. The SMILES string of the molecule is CC(=O)c1cccc(C2CCc3c(cnn(-c4ncccn4)c3=O)C2)c1C.